The molecule has 8 heteroatoms. The molecule has 0 spiro atoms. The van der Waals surface area contributed by atoms with Gasteiger partial charge in [0.25, 0.3) is 0 Å². The molecule has 222 valence electrons. The van der Waals surface area contributed by atoms with Crippen molar-refractivity contribution in [2.75, 3.05) is 6.61 Å². The number of aliphatic carboxylic acids is 1. The Morgan fingerprint density at radius 2 is 1.24 bits per heavy atom. The van der Waals surface area contributed by atoms with E-state index in [4.69, 9.17) is 14.6 Å². The SMILES string of the molecule is CCCCCCCCCCCCC(CCCCCCCC)CC(S)OC(CC)OCC(O)([PH2]=O)C(=O)O. The number of aliphatic hydroxyl groups is 1. The van der Waals surface area contributed by atoms with Crippen LogP contribution in [0, 0.1) is 5.92 Å². The molecule has 0 saturated heterocycles. The van der Waals surface area contributed by atoms with E-state index in [0.29, 0.717) is 12.3 Å². The molecule has 0 fully saturated rings. The van der Waals surface area contributed by atoms with Crippen LogP contribution in [0.15, 0.2) is 0 Å². The van der Waals surface area contributed by atoms with Crippen LogP contribution in [-0.2, 0) is 18.8 Å². The summed E-state index contributed by atoms with van der Waals surface area (Å²) in [7, 11) is -1.93. The van der Waals surface area contributed by atoms with Crippen molar-refractivity contribution in [2.24, 2.45) is 5.92 Å². The summed E-state index contributed by atoms with van der Waals surface area (Å²) in [4.78, 5) is 11.2. The molecule has 0 aliphatic heterocycles. The Balaban J connectivity index is 4.51. The fourth-order valence-corrected chi connectivity index (χ4v) is 5.35. The van der Waals surface area contributed by atoms with Gasteiger partial charge in [-0.05, 0) is 18.8 Å². The fourth-order valence-electron chi connectivity index (χ4n) is 4.65. The monoisotopic (exact) mass is 566 g/mol. The molecule has 0 radical (unpaired) electrons. The normalized spacial score (nSPS) is 16.1. The molecular formula is C29H59O6PS. The van der Waals surface area contributed by atoms with Gasteiger partial charge in [-0.2, -0.15) is 0 Å². The predicted octanol–water partition coefficient (Wildman–Crippen LogP) is 8.61. The zero-order valence-electron chi connectivity index (χ0n) is 24.1. The molecule has 2 N–H and O–H groups in total. The van der Waals surface area contributed by atoms with Gasteiger partial charge in [-0.1, -0.05) is 136 Å². The third kappa shape index (κ3) is 20.5. The lowest BCUT2D eigenvalue weighted by molar-refractivity contribution is -0.183. The first-order chi connectivity index (χ1) is 17.8. The van der Waals surface area contributed by atoms with E-state index >= 15 is 0 Å². The molecule has 0 amide bonds. The average Bonchev–Trinajstić information content (AvgIpc) is 2.88. The van der Waals surface area contributed by atoms with Crippen molar-refractivity contribution in [1.82, 2.24) is 0 Å². The van der Waals surface area contributed by atoms with Crippen LogP contribution >= 0.6 is 21.1 Å². The standard InChI is InChI=1S/C29H59O6PS/c1-4-7-9-11-13-14-15-16-18-20-22-25(21-19-17-12-10-8-5-2)23-27(37)35-26(6-3)34-24-29(32,36-33)28(30)31/h25-27,32,37H,4-24,36H2,1-3H3,(H,30,31). The molecule has 5 atom stereocenters. The van der Waals surface area contributed by atoms with Gasteiger partial charge in [0.2, 0.25) is 5.34 Å². The summed E-state index contributed by atoms with van der Waals surface area (Å²) in [6, 6.07) is 0. The number of ether oxygens (including phenoxy) is 2. The summed E-state index contributed by atoms with van der Waals surface area (Å²) >= 11 is 4.67. The second-order valence-electron chi connectivity index (χ2n) is 10.7. The maximum absolute atomic E-state index is 11.2. The van der Waals surface area contributed by atoms with Crippen LogP contribution in [0.2, 0.25) is 0 Å². The highest BCUT2D eigenvalue weighted by atomic mass is 32.1. The molecule has 0 aromatic heterocycles. The van der Waals surface area contributed by atoms with Crippen LogP contribution in [0.25, 0.3) is 0 Å². The number of carboxylic acid groups (broad SMARTS) is 1. The highest BCUT2D eigenvalue weighted by molar-refractivity contribution is 7.80. The lowest BCUT2D eigenvalue weighted by Gasteiger charge is -2.26. The van der Waals surface area contributed by atoms with Crippen LogP contribution in [0.5, 0.6) is 0 Å². The molecule has 0 heterocycles. The van der Waals surface area contributed by atoms with E-state index in [1.54, 1.807) is 0 Å². The van der Waals surface area contributed by atoms with Gasteiger partial charge in [0.1, 0.15) is 13.9 Å². The van der Waals surface area contributed by atoms with Gasteiger partial charge in [-0.25, -0.2) is 4.79 Å². The summed E-state index contributed by atoms with van der Waals surface area (Å²) in [5.74, 6) is -0.993. The summed E-state index contributed by atoms with van der Waals surface area (Å²) in [6.07, 6.45) is 24.1. The van der Waals surface area contributed by atoms with Crippen molar-refractivity contribution in [2.45, 2.75) is 166 Å². The maximum atomic E-state index is 11.2. The Labute approximate surface area is 234 Å². The second kappa shape index (κ2) is 24.9. The van der Waals surface area contributed by atoms with E-state index in [9.17, 15) is 14.5 Å². The number of thiol groups is 1. The van der Waals surface area contributed by atoms with Gasteiger partial charge < -0.3 is 24.3 Å². The lowest BCUT2D eigenvalue weighted by Crippen LogP contribution is -2.39. The zero-order chi connectivity index (χ0) is 27.8. The topological polar surface area (TPSA) is 93.1 Å². The minimum atomic E-state index is -2.35. The van der Waals surface area contributed by atoms with Crippen molar-refractivity contribution in [3.63, 3.8) is 0 Å². The summed E-state index contributed by atoms with van der Waals surface area (Å²) < 4.78 is 22.6. The van der Waals surface area contributed by atoms with Gasteiger partial charge >= 0.3 is 5.97 Å². The van der Waals surface area contributed by atoms with E-state index in [-0.39, 0.29) is 5.44 Å². The smallest absolute Gasteiger partial charge is 0.345 e. The van der Waals surface area contributed by atoms with E-state index in [1.807, 2.05) is 6.92 Å². The van der Waals surface area contributed by atoms with Crippen molar-refractivity contribution >= 4 is 27.1 Å². The Morgan fingerprint density at radius 3 is 1.62 bits per heavy atom. The first-order valence-corrected chi connectivity index (χ1v) is 16.8. The minimum Gasteiger partial charge on any atom is -0.479 e. The molecule has 0 aromatic rings. The van der Waals surface area contributed by atoms with Crippen molar-refractivity contribution in [3.8, 4) is 0 Å². The summed E-state index contributed by atoms with van der Waals surface area (Å²) in [6.45, 7) is 5.82. The molecule has 0 rings (SSSR count). The molecule has 6 nitrogen and oxygen atoms in total. The Hall–Kier alpha value is -0.0700. The van der Waals surface area contributed by atoms with Crippen molar-refractivity contribution in [3.05, 3.63) is 0 Å². The largest absolute Gasteiger partial charge is 0.479 e. The first-order valence-electron chi connectivity index (χ1n) is 15.2. The van der Waals surface area contributed by atoms with Crippen LogP contribution in [0.3, 0.4) is 0 Å². The Kier molecular flexibility index (Phi) is 24.9. The van der Waals surface area contributed by atoms with Crippen molar-refractivity contribution < 1.29 is 29.0 Å². The Morgan fingerprint density at radius 1 is 0.811 bits per heavy atom. The maximum Gasteiger partial charge on any atom is 0.345 e. The molecule has 0 aromatic carbocycles. The third-order valence-electron chi connectivity index (χ3n) is 7.16. The molecule has 0 saturated carbocycles. The molecule has 0 aliphatic carbocycles. The van der Waals surface area contributed by atoms with Crippen LogP contribution in [-0.4, -0.2) is 39.9 Å². The number of rotatable bonds is 28. The lowest BCUT2D eigenvalue weighted by atomic mass is 9.91. The number of hydrogen-bond acceptors (Lipinski definition) is 6. The fraction of sp³-hybridized carbons (Fsp3) is 0.966. The van der Waals surface area contributed by atoms with Gasteiger partial charge in [0, 0.05) is 0 Å². The van der Waals surface area contributed by atoms with Crippen LogP contribution < -0.4 is 0 Å². The average molecular weight is 567 g/mol. The first kappa shape index (κ1) is 36.9. The quantitative estimate of drug-likeness (QED) is 0.0380. The van der Waals surface area contributed by atoms with E-state index < -0.39 is 32.7 Å². The molecular weight excluding hydrogens is 507 g/mol. The molecule has 37 heavy (non-hydrogen) atoms. The minimum absolute atomic E-state index is 0.323. The van der Waals surface area contributed by atoms with Crippen LogP contribution in [0.4, 0.5) is 0 Å². The molecule has 5 unspecified atom stereocenters. The molecule has 0 bridgehead atoms. The van der Waals surface area contributed by atoms with E-state index in [0.717, 1.165) is 6.42 Å². The number of carbonyl (C=O) groups is 1. The second-order valence-corrected chi connectivity index (χ2v) is 12.5. The van der Waals surface area contributed by atoms with Crippen molar-refractivity contribution in [1.29, 1.82) is 0 Å². The highest BCUT2D eigenvalue weighted by Gasteiger charge is 2.36. The van der Waals surface area contributed by atoms with Crippen LogP contribution in [0.1, 0.15) is 149 Å². The summed E-state index contributed by atoms with van der Waals surface area (Å²) in [5, 5.41) is 16.7. The Bertz CT molecular complexity index is 552. The number of unbranched alkanes of at least 4 members (excludes halogenated alkanes) is 14. The van der Waals surface area contributed by atoms with Gasteiger partial charge in [-0.3, -0.25) is 0 Å². The molecule has 0 aliphatic rings. The van der Waals surface area contributed by atoms with E-state index in [2.05, 4.69) is 26.5 Å². The highest BCUT2D eigenvalue weighted by Crippen LogP contribution is 2.27. The third-order valence-corrected chi connectivity index (χ3v) is 8.30. The van der Waals surface area contributed by atoms with Gasteiger partial charge in [-0.15, -0.1) is 12.6 Å². The van der Waals surface area contributed by atoms with Gasteiger partial charge in [0.15, 0.2) is 6.29 Å². The zero-order valence-corrected chi connectivity index (χ0v) is 26.2. The predicted molar refractivity (Wildman–Crippen MR) is 159 cm³/mol. The summed E-state index contributed by atoms with van der Waals surface area (Å²) in [5.41, 5.74) is -0.323. The van der Waals surface area contributed by atoms with Gasteiger partial charge in [0.05, 0.1) is 6.61 Å². The number of hydrogen-bond donors (Lipinski definition) is 3. The van der Waals surface area contributed by atoms with E-state index in [1.165, 1.54) is 116 Å². The number of carboxylic acids is 1.